The second kappa shape index (κ2) is 5.57. The topological polar surface area (TPSA) is 42.2 Å². The van der Waals surface area contributed by atoms with Crippen LogP contribution in [-0.4, -0.2) is 14.5 Å². The molecule has 0 saturated carbocycles. The second-order valence-corrected chi connectivity index (χ2v) is 8.78. The summed E-state index contributed by atoms with van der Waals surface area (Å²) in [6.07, 6.45) is 0. The molecule has 0 fully saturated rings. The van der Waals surface area contributed by atoms with Gasteiger partial charge in [0.15, 0.2) is 0 Å². The van der Waals surface area contributed by atoms with E-state index in [0.29, 0.717) is 12.3 Å². The van der Waals surface area contributed by atoms with Crippen LogP contribution in [0.2, 0.25) is 0 Å². The maximum atomic E-state index is 12.0. The Hall–Kier alpha value is -0.610. The third-order valence-corrected chi connectivity index (χ3v) is 4.38. The van der Waals surface area contributed by atoms with E-state index >= 15 is 0 Å². The van der Waals surface area contributed by atoms with E-state index in [9.17, 15) is 4.21 Å². The summed E-state index contributed by atoms with van der Waals surface area (Å²) in [5.41, 5.74) is 0.0706. The van der Waals surface area contributed by atoms with Crippen molar-refractivity contribution in [3.05, 3.63) is 23.7 Å². The summed E-state index contributed by atoms with van der Waals surface area (Å²) in [5, 5.41) is 3.37. The van der Waals surface area contributed by atoms with Gasteiger partial charge in [-0.25, -0.2) is 0 Å². The highest BCUT2D eigenvalue weighted by Crippen LogP contribution is 2.18. The number of hydrogen-bond acceptors (Lipinski definition) is 3. The minimum atomic E-state index is -0.910. The van der Waals surface area contributed by atoms with Crippen LogP contribution in [0.15, 0.2) is 16.5 Å². The lowest BCUT2D eigenvalue weighted by Crippen LogP contribution is -2.34. The molecule has 0 aliphatic heterocycles. The van der Waals surface area contributed by atoms with E-state index in [1.165, 1.54) is 0 Å². The third kappa shape index (κ3) is 5.36. The predicted molar refractivity (Wildman–Crippen MR) is 76.9 cm³/mol. The largest absolute Gasteiger partial charge is 0.464 e. The molecule has 1 heterocycles. The molecule has 1 rings (SSSR count). The van der Waals surface area contributed by atoms with Gasteiger partial charge in [-0.1, -0.05) is 0 Å². The van der Waals surface area contributed by atoms with Crippen molar-refractivity contribution in [3.63, 3.8) is 0 Å². The zero-order chi connectivity index (χ0) is 14.0. The Morgan fingerprint density at radius 2 is 1.67 bits per heavy atom. The van der Waals surface area contributed by atoms with Gasteiger partial charge in [-0.05, 0) is 53.7 Å². The third-order valence-electron chi connectivity index (χ3n) is 2.47. The van der Waals surface area contributed by atoms with Gasteiger partial charge in [-0.15, -0.1) is 0 Å². The molecule has 0 radical (unpaired) electrons. The van der Waals surface area contributed by atoms with Gasteiger partial charge >= 0.3 is 0 Å². The minimum absolute atomic E-state index is 0.0706. The molecule has 4 heteroatoms. The first-order chi connectivity index (χ1) is 8.08. The Balaban J connectivity index is 2.56. The maximum Gasteiger partial charge on any atom is 0.118 e. The zero-order valence-electron chi connectivity index (χ0n) is 12.3. The van der Waals surface area contributed by atoms with Crippen LogP contribution in [0.25, 0.3) is 0 Å². The molecule has 3 nitrogen and oxygen atoms in total. The Bertz CT molecular complexity index is 410. The molecule has 0 bridgehead atoms. The van der Waals surface area contributed by atoms with Crippen LogP contribution in [0, 0.1) is 0 Å². The molecule has 0 aliphatic carbocycles. The molecule has 0 saturated heterocycles. The molecule has 0 aliphatic rings. The maximum absolute atomic E-state index is 12.0. The molecule has 1 unspecified atom stereocenters. The van der Waals surface area contributed by atoms with Crippen molar-refractivity contribution in [2.24, 2.45) is 0 Å². The van der Waals surface area contributed by atoms with Crippen LogP contribution in [0.1, 0.15) is 53.1 Å². The Labute approximate surface area is 113 Å². The minimum Gasteiger partial charge on any atom is -0.464 e. The Morgan fingerprint density at radius 1 is 1.11 bits per heavy atom. The van der Waals surface area contributed by atoms with Crippen molar-refractivity contribution in [2.75, 3.05) is 0 Å². The first-order valence-electron chi connectivity index (χ1n) is 6.29. The van der Waals surface area contributed by atoms with Gasteiger partial charge in [-0.3, -0.25) is 4.21 Å². The number of furan rings is 1. The van der Waals surface area contributed by atoms with Crippen LogP contribution in [0.5, 0.6) is 0 Å². The fraction of sp³-hybridized carbons (Fsp3) is 0.714. The number of nitrogens with one attached hydrogen (secondary N) is 1. The van der Waals surface area contributed by atoms with Gasteiger partial charge in [0.05, 0.1) is 12.3 Å². The first-order valence-corrected chi connectivity index (χ1v) is 7.61. The summed E-state index contributed by atoms with van der Waals surface area (Å²) in [4.78, 5) is 0. The Kier molecular flexibility index (Phi) is 4.78. The molecule has 104 valence electrons. The van der Waals surface area contributed by atoms with Gasteiger partial charge in [0.25, 0.3) is 0 Å². The fourth-order valence-electron chi connectivity index (χ4n) is 1.29. The normalized spacial score (nSPS) is 14.8. The lowest BCUT2D eigenvalue weighted by Gasteiger charge is -2.19. The average molecular weight is 271 g/mol. The summed E-state index contributed by atoms with van der Waals surface area (Å²) >= 11 is 0. The van der Waals surface area contributed by atoms with Crippen LogP contribution >= 0.6 is 0 Å². The van der Waals surface area contributed by atoms with Crippen molar-refractivity contribution >= 4 is 10.8 Å². The number of rotatable bonds is 4. The van der Waals surface area contributed by atoms with E-state index in [4.69, 9.17) is 4.42 Å². The molecule has 0 spiro atoms. The van der Waals surface area contributed by atoms with E-state index in [1.54, 1.807) is 0 Å². The smallest absolute Gasteiger partial charge is 0.118 e. The number of hydrogen-bond donors (Lipinski definition) is 1. The molecule has 1 N–H and O–H groups in total. The lowest BCUT2D eigenvalue weighted by atomic mass is 10.1. The van der Waals surface area contributed by atoms with Gasteiger partial charge in [0.1, 0.15) is 11.5 Å². The van der Waals surface area contributed by atoms with Crippen LogP contribution in [-0.2, 0) is 23.1 Å². The highest BCUT2D eigenvalue weighted by atomic mass is 32.2. The van der Waals surface area contributed by atoms with Gasteiger partial charge in [-0.2, -0.15) is 0 Å². The second-order valence-electron chi connectivity index (χ2n) is 6.57. The summed E-state index contributed by atoms with van der Waals surface area (Å²) in [5.74, 6) is 2.18. The van der Waals surface area contributed by atoms with Crippen molar-refractivity contribution in [2.45, 2.75) is 64.1 Å². The standard InChI is InChI=1S/C14H25NO2S/c1-13(2,3)15-9-11-7-8-12(17-11)10-18(16)14(4,5)6/h7-8,15H,9-10H2,1-6H3. The van der Waals surface area contributed by atoms with Gasteiger partial charge < -0.3 is 9.73 Å². The van der Waals surface area contributed by atoms with E-state index in [2.05, 4.69) is 26.1 Å². The molecule has 18 heavy (non-hydrogen) atoms. The zero-order valence-corrected chi connectivity index (χ0v) is 13.1. The van der Waals surface area contributed by atoms with Crippen LogP contribution in [0.3, 0.4) is 0 Å². The predicted octanol–water partition coefficient (Wildman–Crippen LogP) is 3.21. The highest BCUT2D eigenvalue weighted by Gasteiger charge is 2.21. The van der Waals surface area contributed by atoms with E-state index in [-0.39, 0.29) is 10.3 Å². The lowest BCUT2D eigenvalue weighted by molar-refractivity contribution is 0.382. The first kappa shape index (κ1) is 15.4. The van der Waals surface area contributed by atoms with Crippen LogP contribution < -0.4 is 5.32 Å². The van der Waals surface area contributed by atoms with E-state index in [1.807, 2.05) is 32.9 Å². The molecule has 0 aromatic carbocycles. The monoisotopic (exact) mass is 271 g/mol. The molecule has 1 aromatic rings. The van der Waals surface area contributed by atoms with Crippen molar-refractivity contribution < 1.29 is 8.63 Å². The van der Waals surface area contributed by atoms with Crippen molar-refractivity contribution in [3.8, 4) is 0 Å². The van der Waals surface area contributed by atoms with Gasteiger partial charge in [0, 0.05) is 21.1 Å². The summed E-state index contributed by atoms with van der Waals surface area (Å²) in [6, 6.07) is 3.87. The van der Waals surface area contributed by atoms with Crippen LogP contribution in [0.4, 0.5) is 0 Å². The van der Waals surface area contributed by atoms with E-state index in [0.717, 1.165) is 11.5 Å². The van der Waals surface area contributed by atoms with E-state index < -0.39 is 10.8 Å². The molecule has 0 amide bonds. The molecular weight excluding hydrogens is 246 g/mol. The summed E-state index contributed by atoms with van der Waals surface area (Å²) in [6.45, 7) is 13.0. The summed E-state index contributed by atoms with van der Waals surface area (Å²) < 4.78 is 17.5. The Morgan fingerprint density at radius 3 is 2.17 bits per heavy atom. The molecule has 1 atom stereocenters. The quantitative estimate of drug-likeness (QED) is 0.914. The average Bonchev–Trinajstić information content (AvgIpc) is 2.60. The fourth-order valence-corrected chi connectivity index (χ4v) is 2.14. The highest BCUT2D eigenvalue weighted by molar-refractivity contribution is 7.85. The SMILES string of the molecule is CC(C)(C)NCc1ccc(CS(=O)C(C)(C)C)o1. The van der Waals surface area contributed by atoms with Crippen molar-refractivity contribution in [1.29, 1.82) is 0 Å². The molecular formula is C14H25NO2S. The molecule has 1 aromatic heterocycles. The van der Waals surface area contributed by atoms with Gasteiger partial charge in [0.2, 0.25) is 0 Å². The summed E-state index contributed by atoms with van der Waals surface area (Å²) in [7, 11) is -0.910. The van der Waals surface area contributed by atoms with Crippen molar-refractivity contribution in [1.82, 2.24) is 5.32 Å².